The second-order valence-electron chi connectivity index (χ2n) is 3.43. The van der Waals surface area contributed by atoms with Crippen LogP contribution in [0, 0.1) is 5.82 Å². The van der Waals surface area contributed by atoms with Crippen molar-refractivity contribution in [2.24, 2.45) is 0 Å². The molecule has 0 saturated heterocycles. The van der Waals surface area contributed by atoms with Crippen LogP contribution >= 0.6 is 27.3 Å². The van der Waals surface area contributed by atoms with Crippen LogP contribution in [0.25, 0.3) is 0 Å². The Morgan fingerprint density at radius 1 is 1.56 bits per heavy atom. The van der Waals surface area contributed by atoms with Crippen molar-refractivity contribution in [1.82, 2.24) is 4.98 Å². The Labute approximate surface area is 115 Å². The molecule has 0 radical (unpaired) electrons. The minimum absolute atomic E-state index is 0.0602. The molecular weight excluding hydrogens is 323 g/mol. The summed E-state index contributed by atoms with van der Waals surface area (Å²) in [6, 6.07) is 4.30. The molecule has 2 aromatic rings. The van der Waals surface area contributed by atoms with Crippen LogP contribution in [-0.2, 0) is 6.54 Å². The van der Waals surface area contributed by atoms with Gasteiger partial charge in [-0.05, 0) is 34.1 Å². The van der Waals surface area contributed by atoms with Crippen molar-refractivity contribution in [1.29, 1.82) is 0 Å². The number of carbonyl (C=O) groups is 1. The van der Waals surface area contributed by atoms with Gasteiger partial charge in [-0.25, -0.2) is 14.2 Å². The standard InChI is InChI=1S/C11H8BrFN2O2S/c12-8-3-6(13)1-2-9(8)14-4-7-5-18-10(15-7)11(16)17/h1-3,5,14H,4H2,(H,16,17). The molecule has 94 valence electrons. The molecule has 7 heteroatoms. The first-order chi connectivity index (χ1) is 8.56. The van der Waals surface area contributed by atoms with Gasteiger partial charge < -0.3 is 10.4 Å². The normalized spacial score (nSPS) is 10.3. The van der Waals surface area contributed by atoms with Crippen LogP contribution in [0.1, 0.15) is 15.5 Å². The first kappa shape index (κ1) is 13.0. The molecule has 1 aromatic carbocycles. The molecule has 0 bridgehead atoms. The molecule has 0 atom stereocenters. The smallest absolute Gasteiger partial charge is 0.365 e. The van der Waals surface area contributed by atoms with Crippen LogP contribution in [0.2, 0.25) is 0 Å². The predicted octanol–water partition coefficient (Wildman–Crippen LogP) is 3.36. The topological polar surface area (TPSA) is 62.2 Å². The van der Waals surface area contributed by atoms with Crippen molar-refractivity contribution >= 4 is 38.9 Å². The second kappa shape index (κ2) is 5.45. The Morgan fingerprint density at radius 3 is 2.94 bits per heavy atom. The van der Waals surface area contributed by atoms with E-state index in [0.717, 1.165) is 17.0 Å². The minimum Gasteiger partial charge on any atom is -0.476 e. The first-order valence-electron chi connectivity index (χ1n) is 4.93. The SMILES string of the molecule is O=C(O)c1nc(CNc2ccc(F)cc2Br)cs1. The Balaban J connectivity index is 2.04. The summed E-state index contributed by atoms with van der Waals surface area (Å²) < 4.78 is 13.5. The minimum atomic E-state index is -1.03. The lowest BCUT2D eigenvalue weighted by molar-refractivity contribution is 0.0696. The molecule has 1 aromatic heterocycles. The highest BCUT2D eigenvalue weighted by atomic mass is 79.9. The third kappa shape index (κ3) is 3.05. The number of halogens is 2. The number of rotatable bonds is 4. The number of aromatic carboxylic acids is 1. The molecular formula is C11H8BrFN2O2S. The van der Waals surface area contributed by atoms with Crippen LogP contribution in [-0.4, -0.2) is 16.1 Å². The van der Waals surface area contributed by atoms with Crippen molar-refractivity contribution in [3.8, 4) is 0 Å². The van der Waals surface area contributed by atoms with E-state index in [4.69, 9.17) is 5.11 Å². The highest BCUT2D eigenvalue weighted by Crippen LogP contribution is 2.23. The number of carboxylic acids is 1. The lowest BCUT2D eigenvalue weighted by Crippen LogP contribution is -2.02. The Kier molecular flexibility index (Phi) is 3.93. The summed E-state index contributed by atoms with van der Waals surface area (Å²) in [5, 5.41) is 13.5. The van der Waals surface area contributed by atoms with E-state index >= 15 is 0 Å². The van der Waals surface area contributed by atoms with E-state index in [2.05, 4.69) is 26.2 Å². The number of anilines is 1. The fourth-order valence-corrected chi connectivity index (χ4v) is 2.45. The molecule has 0 aliphatic rings. The highest BCUT2D eigenvalue weighted by molar-refractivity contribution is 9.10. The molecule has 1 heterocycles. The summed E-state index contributed by atoms with van der Waals surface area (Å²) in [5.41, 5.74) is 1.36. The zero-order valence-corrected chi connectivity index (χ0v) is 11.4. The number of hydrogen-bond acceptors (Lipinski definition) is 4. The Hall–Kier alpha value is -1.47. The Morgan fingerprint density at radius 2 is 2.33 bits per heavy atom. The van der Waals surface area contributed by atoms with E-state index in [1.54, 1.807) is 11.4 Å². The summed E-state index contributed by atoms with van der Waals surface area (Å²) in [6.07, 6.45) is 0. The first-order valence-corrected chi connectivity index (χ1v) is 6.60. The Bertz CT molecular complexity index is 588. The van der Waals surface area contributed by atoms with Gasteiger partial charge in [-0.1, -0.05) is 0 Å². The summed E-state index contributed by atoms with van der Waals surface area (Å²) >= 11 is 4.31. The number of thiazole rings is 1. The summed E-state index contributed by atoms with van der Waals surface area (Å²) in [4.78, 5) is 14.6. The van der Waals surface area contributed by atoms with Crippen molar-refractivity contribution in [2.45, 2.75) is 6.54 Å². The van der Waals surface area contributed by atoms with Crippen LogP contribution in [0.15, 0.2) is 28.1 Å². The van der Waals surface area contributed by atoms with Gasteiger partial charge in [0.15, 0.2) is 0 Å². The van der Waals surface area contributed by atoms with Gasteiger partial charge in [0.1, 0.15) is 5.82 Å². The zero-order valence-electron chi connectivity index (χ0n) is 8.98. The van der Waals surface area contributed by atoms with E-state index in [9.17, 15) is 9.18 Å². The van der Waals surface area contributed by atoms with Gasteiger partial charge in [0.05, 0.1) is 12.2 Å². The summed E-state index contributed by atoms with van der Waals surface area (Å²) in [5.74, 6) is -1.36. The van der Waals surface area contributed by atoms with Crippen molar-refractivity contribution in [2.75, 3.05) is 5.32 Å². The fraction of sp³-hybridized carbons (Fsp3) is 0.0909. The number of benzene rings is 1. The number of carboxylic acid groups (broad SMARTS) is 1. The molecule has 0 aliphatic heterocycles. The van der Waals surface area contributed by atoms with Gasteiger partial charge in [-0.3, -0.25) is 0 Å². The number of hydrogen-bond donors (Lipinski definition) is 2. The third-order valence-electron chi connectivity index (χ3n) is 2.13. The van der Waals surface area contributed by atoms with Crippen LogP contribution in [0.5, 0.6) is 0 Å². The molecule has 0 amide bonds. The third-order valence-corrected chi connectivity index (χ3v) is 3.66. The van der Waals surface area contributed by atoms with E-state index in [1.807, 2.05) is 0 Å². The van der Waals surface area contributed by atoms with Crippen molar-refractivity contribution < 1.29 is 14.3 Å². The molecule has 0 unspecified atom stereocenters. The molecule has 2 rings (SSSR count). The summed E-state index contributed by atoms with van der Waals surface area (Å²) in [6.45, 7) is 0.383. The van der Waals surface area contributed by atoms with Gasteiger partial charge in [-0.15, -0.1) is 11.3 Å². The maximum Gasteiger partial charge on any atom is 0.365 e. The van der Waals surface area contributed by atoms with Crippen LogP contribution in [0.3, 0.4) is 0 Å². The molecule has 0 spiro atoms. The predicted molar refractivity (Wildman–Crippen MR) is 70.5 cm³/mol. The maximum absolute atomic E-state index is 12.9. The van der Waals surface area contributed by atoms with Crippen molar-refractivity contribution in [3.63, 3.8) is 0 Å². The second-order valence-corrected chi connectivity index (χ2v) is 5.14. The average Bonchev–Trinajstić information content (AvgIpc) is 2.76. The zero-order chi connectivity index (χ0) is 13.1. The number of nitrogens with zero attached hydrogens (tertiary/aromatic N) is 1. The molecule has 0 aliphatic carbocycles. The highest BCUT2D eigenvalue weighted by Gasteiger charge is 2.09. The fourth-order valence-electron chi connectivity index (χ4n) is 1.31. The summed E-state index contributed by atoms with van der Waals surface area (Å²) in [7, 11) is 0. The van der Waals surface area contributed by atoms with Crippen LogP contribution < -0.4 is 5.32 Å². The number of nitrogens with one attached hydrogen (secondary N) is 1. The van der Waals surface area contributed by atoms with E-state index in [1.165, 1.54) is 12.1 Å². The maximum atomic E-state index is 12.9. The van der Waals surface area contributed by atoms with Gasteiger partial charge in [-0.2, -0.15) is 0 Å². The van der Waals surface area contributed by atoms with Gasteiger partial charge >= 0.3 is 5.97 Å². The number of aromatic nitrogens is 1. The monoisotopic (exact) mass is 330 g/mol. The molecule has 4 nitrogen and oxygen atoms in total. The van der Waals surface area contributed by atoms with E-state index in [-0.39, 0.29) is 10.8 Å². The van der Waals surface area contributed by atoms with Crippen molar-refractivity contribution in [3.05, 3.63) is 44.6 Å². The average molecular weight is 331 g/mol. The molecule has 2 N–H and O–H groups in total. The van der Waals surface area contributed by atoms with Gasteiger partial charge in [0.2, 0.25) is 5.01 Å². The van der Waals surface area contributed by atoms with Gasteiger partial charge in [0, 0.05) is 15.5 Å². The van der Waals surface area contributed by atoms with Crippen LogP contribution in [0.4, 0.5) is 10.1 Å². The lowest BCUT2D eigenvalue weighted by Gasteiger charge is -2.06. The quantitative estimate of drug-likeness (QED) is 0.902. The molecule has 18 heavy (non-hydrogen) atoms. The largest absolute Gasteiger partial charge is 0.476 e. The lowest BCUT2D eigenvalue weighted by atomic mass is 10.3. The molecule has 0 fully saturated rings. The van der Waals surface area contributed by atoms with E-state index in [0.29, 0.717) is 16.7 Å². The molecule has 0 saturated carbocycles. The van der Waals surface area contributed by atoms with Gasteiger partial charge in [0.25, 0.3) is 0 Å². The van der Waals surface area contributed by atoms with E-state index < -0.39 is 5.97 Å².